The third-order valence-electron chi connectivity index (χ3n) is 3.32. The lowest BCUT2D eigenvalue weighted by molar-refractivity contribution is 0.340. The summed E-state index contributed by atoms with van der Waals surface area (Å²) in [5.41, 5.74) is 1.78. The summed E-state index contributed by atoms with van der Waals surface area (Å²) in [5, 5.41) is 10.6. The first-order chi connectivity index (χ1) is 12.2. The number of nitrogens with one attached hydrogen (secondary N) is 2. The summed E-state index contributed by atoms with van der Waals surface area (Å²) < 4.78 is 10.7. The van der Waals surface area contributed by atoms with Crippen LogP contribution in [0.1, 0.15) is 12.8 Å². The molecule has 0 radical (unpaired) electrons. The van der Waals surface area contributed by atoms with Crippen molar-refractivity contribution in [3.05, 3.63) is 60.5 Å². The molecule has 3 aromatic rings. The van der Waals surface area contributed by atoms with Crippen LogP contribution in [0.25, 0.3) is 11.4 Å². The summed E-state index contributed by atoms with van der Waals surface area (Å²) >= 11 is 5.25. The predicted molar refractivity (Wildman–Crippen MR) is 100 cm³/mol. The maximum Gasteiger partial charge on any atom is 0.246 e. The first-order valence-electron chi connectivity index (χ1n) is 7.90. The van der Waals surface area contributed by atoms with Crippen LogP contribution in [0.15, 0.2) is 59.1 Å². The number of aromatic nitrogens is 2. The largest absolute Gasteiger partial charge is 0.494 e. The molecular formula is C18H18N4O2S. The van der Waals surface area contributed by atoms with Gasteiger partial charge in [-0.2, -0.15) is 4.98 Å². The summed E-state index contributed by atoms with van der Waals surface area (Å²) in [6, 6.07) is 17.2. The van der Waals surface area contributed by atoms with Crippen LogP contribution in [-0.4, -0.2) is 21.9 Å². The van der Waals surface area contributed by atoms with Gasteiger partial charge in [0, 0.05) is 11.3 Å². The molecule has 128 valence electrons. The molecule has 0 aliphatic carbocycles. The highest BCUT2D eigenvalue weighted by molar-refractivity contribution is 7.80. The van der Waals surface area contributed by atoms with E-state index in [-0.39, 0.29) is 0 Å². The molecule has 0 atom stereocenters. The summed E-state index contributed by atoms with van der Waals surface area (Å²) in [6.45, 7) is 2.93. The van der Waals surface area contributed by atoms with E-state index in [0.717, 1.165) is 17.0 Å². The van der Waals surface area contributed by atoms with Crippen LogP contribution in [0, 0.1) is 0 Å². The molecule has 0 saturated heterocycles. The van der Waals surface area contributed by atoms with Gasteiger partial charge in [0.2, 0.25) is 11.7 Å². The van der Waals surface area contributed by atoms with Gasteiger partial charge in [0.15, 0.2) is 5.11 Å². The van der Waals surface area contributed by atoms with E-state index in [1.54, 1.807) is 0 Å². The SMILES string of the molecule is CCOc1ccc(-c2noc(CNC(=S)Nc3ccccc3)n2)cc1. The van der Waals surface area contributed by atoms with E-state index in [4.69, 9.17) is 21.5 Å². The van der Waals surface area contributed by atoms with Crippen molar-refractivity contribution in [2.45, 2.75) is 13.5 Å². The lowest BCUT2D eigenvalue weighted by Gasteiger charge is -2.08. The quantitative estimate of drug-likeness (QED) is 0.655. The fourth-order valence-electron chi connectivity index (χ4n) is 2.16. The Balaban J connectivity index is 1.55. The van der Waals surface area contributed by atoms with E-state index in [2.05, 4.69) is 20.8 Å². The van der Waals surface area contributed by atoms with E-state index in [1.807, 2.05) is 61.5 Å². The van der Waals surface area contributed by atoms with E-state index < -0.39 is 0 Å². The number of hydrogen-bond donors (Lipinski definition) is 2. The Morgan fingerprint density at radius 1 is 1.12 bits per heavy atom. The minimum Gasteiger partial charge on any atom is -0.494 e. The molecule has 1 aromatic heterocycles. The van der Waals surface area contributed by atoms with Gasteiger partial charge in [0.25, 0.3) is 0 Å². The number of thiocarbonyl (C=S) groups is 1. The number of para-hydroxylation sites is 1. The molecule has 7 heteroatoms. The molecule has 0 saturated carbocycles. The Kier molecular flexibility index (Phi) is 5.58. The third-order valence-corrected chi connectivity index (χ3v) is 3.57. The second-order valence-corrected chi connectivity index (χ2v) is 5.55. The summed E-state index contributed by atoms with van der Waals surface area (Å²) in [4.78, 5) is 4.37. The monoisotopic (exact) mass is 354 g/mol. The molecule has 2 aromatic carbocycles. The van der Waals surface area contributed by atoms with Crippen molar-refractivity contribution in [2.24, 2.45) is 0 Å². The van der Waals surface area contributed by atoms with Gasteiger partial charge in [-0.3, -0.25) is 0 Å². The average molecular weight is 354 g/mol. The van der Waals surface area contributed by atoms with Crippen molar-refractivity contribution in [1.29, 1.82) is 0 Å². The second kappa shape index (κ2) is 8.25. The zero-order valence-electron chi connectivity index (χ0n) is 13.7. The summed E-state index contributed by atoms with van der Waals surface area (Å²) in [6.07, 6.45) is 0. The number of benzene rings is 2. The Bertz CT molecular complexity index is 819. The zero-order chi connectivity index (χ0) is 17.5. The first-order valence-corrected chi connectivity index (χ1v) is 8.31. The Morgan fingerprint density at radius 3 is 2.60 bits per heavy atom. The topological polar surface area (TPSA) is 72.2 Å². The van der Waals surface area contributed by atoms with Crippen LogP contribution in [0.2, 0.25) is 0 Å². The van der Waals surface area contributed by atoms with Crippen LogP contribution in [-0.2, 0) is 6.54 Å². The zero-order valence-corrected chi connectivity index (χ0v) is 14.5. The van der Waals surface area contributed by atoms with Crippen LogP contribution < -0.4 is 15.4 Å². The lowest BCUT2D eigenvalue weighted by Crippen LogP contribution is -2.27. The maximum absolute atomic E-state index is 5.42. The maximum atomic E-state index is 5.42. The normalized spacial score (nSPS) is 10.3. The Hall–Kier alpha value is -2.93. The van der Waals surface area contributed by atoms with Crippen LogP contribution in [0.3, 0.4) is 0 Å². The van der Waals surface area contributed by atoms with Crippen molar-refractivity contribution >= 4 is 23.0 Å². The second-order valence-electron chi connectivity index (χ2n) is 5.14. The number of ether oxygens (including phenoxy) is 1. The van der Waals surface area contributed by atoms with Gasteiger partial charge in [-0.1, -0.05) is 23.4 Å². The fourth-order valence-corrected chi connectivity index (χ4v) is 2.35. The number of anilines is 1. The van der Waals surface area contributed by atoms with Crippen LogP contribution in [0.5, 0.6) is 5.75 Å². The van der Waals surface area contributed by atoms with Gasteiger partial charge >= 0.3 is 0 Å². The van der Waals surface area contributed by atoms with Crippen LogP contribution in [0.4, 0.5) is 5.69 Å². The fraction of sp³-hybridized carbons (Fsp3) is 0.167. The van der Waals surface area contributed by atoms with Crippen LogP contribution >= 0.6 is 12.2 Å². The molecule has 25 heavy (non-hydrogen) atoms. The summed E-state index contributed by atoms with van der Waals surface area (Å²) in [5.74, 6) is 1.80. The minimum atomic E-state index is 0.350. The van der Waals surface area contributed by atoms with Crippen molar-refractivity contribution in [3.63, 3.8) is 0 Å². The minimum absolute atomic E-state index is 0.350. The van der Waals surface area contributed by atoms with Gasteiger partial charge in [0.05, 0.1) is 13.2 Å². The molecule has 2 N–H and O–H groups in total. The Morgan fingerprint density at radius 2 is 1.88 bits per heavy atom. The number of hydrogen-bond acceptors (Lipinski definition) is 5. The van der Waals surface area contributed by atoms with E-state index in [1.165, 1.54) is 0 Å². The standard InChI is InChI=1S/C18H18N4O2S/c1-2-23-15-10-8-13(9-11-15)17-21-16(24-22-17)12-19-18(25)20-14-6-4-3-5-7-14/h3-11H,2,12H2,1H3,(H2,19,20,25). The van der Waals surface area contributed by atoms with Crippen molar-refractivity contribution in [3.8, 4) is 17.1 Å². The Labute approximate surface area is 151 Å². The van der Waals surface area contributed by atoms with E-state index in [9.17, 15) is 0 Å². The highest BCUT2D eigenvalue weighted by Crippen LogP contribution is 2.20. The number of rotatable bonds is 6. The predicted octanol–water partition coefficient (Wildman–Crippen LogP) is 3.62. The molecule has 0 bridgehead atoms. The van der Waals surface area contributed by atoms with Crippen molar-refractivity contribution in [1.82, 2.24) is 15.5 Å². The van der Waals surface area contributed by atoms with Gasteiger partial charge in [0.1, 0.15) is 5.75 Å². The molecule has 6 nitrogen and oxygen atoms in total. The first kappa shape index (κ1) is 16.9. The van der Waals surface area contributed by atoms with Crippen molar-refractivity contribution < 1.29 is 9.26 Å². The highest BCUT2D eigenvalue weighted by atomic mass is 32.1. The lowest BCUT2D eigenvalue weighted by atomic mass is 10.2. The molecule has 0 aliphatic rings. The van der Waals surface area contributed by atoms with E-state index >= 15 is 0 Å². The van der Waals surface area contributed by atoms with E-state index in [0.29, 0.717) is 30.0 Å². The molecule has 1 heterocycles. The molecule has 0 amide bonds. The summed E-state index contributed by atoms with van der Waals surface area (Å²) in [7, 11) is 0. The average Bonchev–Trinajstić information content (AvgIpc) is 3.11. The molecule has 3 rings (SSSR count). The molecule has 0 unspecified atom stereocenters. The smallest absolute Gasteiger partial charge is 0.246 e. The molecule has 0 aliphatic heterocycles. The molecule has 0 spiro atoms. The van der Waals surface area contributed by atoms with Gasteiger partial charge in [-0.15, -0.1) is 0 Å². The van der Waals surface area contributed by atoms with Gasteiger partial charge in [-0.25, -0.2) is 0 Å². The third kappa shape index (κ3) is 4.77. The molecule has 0 fully saturated rings. The highest BCUT2D eigenvalue weighted by Gasteiger charge is 2.09. The van der Waals surface area contributed by atoms with Gasteiger partial charge in [-0.05, 0) is 55.5 Å². The van der Waals surface area contributed by atoms with Crippen molar-refractivity contribution in [2.75, 3.05) is 11.9 Å². The number of nitrogens with zero attached hydrogens (tertiary/aromatic N) is 2. The van der Waals surface area contributed by atoms with Gasteiger partial charge < -0.3 is 19.9 Å². The molecular weight excluding hydrogens is 336 g/mol.